The van der Waals surface area contributed by atoms with Crippen LogP contribution in [-0.2, 0) is 20.1 Å². The second-order valence-corrected chi connectivity index (χ2v) is 23.1. The van der Waals surface area contributed by atoms with E-state index in [1.165, 1.54) is 6.07 Å². The topological polar surface area (TPSA) is 56.7 Å². The molecule has 0 fully saturated rings. The molecule has 0 bridgehead atoms. The summed E-state index contributed by atoms with van der Waals surface area (Å²) in [5.41, 5.74) is 9.97. The summed E-state index contributed by atoms with van der Waals surface area (Å²) in [7, 11) is -1.88. The molecular weight excluding hydrogens is 1080 g/mol. The molecule has 12 aromatic rings. The van der Waals surface area contributed by atoms with E-state index < -0.39 is 21.8 Å². The molecule has 0 saturated heterocycles. The zero-order chi connectivity index (χ0) is 53.1. The molecule has 71 heavy (non-hydrogen) atoms. The van der Waals surface area contributed by atoms with Gasteiger partial charge in [-0.1, -0.05) is 175 Å². The first-order valence-electron chi connectivity index (χ1n) is 25.8. The van der Waals surface area contributed by atoms with Crippen LogP contribution >= 0.6 is 0 Å². The van der Waals surface area contributed by atoms with Crippen LogP contribution in [0.15, 0.2) is 193 Å². The normalized spacial score (nSPS) is 13.1. The Morgan fingerprint density at radius 1 is 0.606 bits per heavy atom. The van der Waals surface area contributed by atoms with E-state index in [0.717, 1.165) is 60.3 Å². The maximum absolute atomic E-state index is 15.8. The minimum atomic E-state index is -2.23. The van der Waals surface area contributed by atoms with Crippen molar-refractivity contribution in [3.05, 3.63) is 223 Å². The van der Waals surface area contributed by atoms with E-state index in [1.54, 1.807) is 54.7 Å². The van der Waals surface area contributed by atoms with Crippen molar-refractivity contribution < 1.29 is 41.5 Å². The molecule has 0 N–H and O–H groups in total. The maximum atomic E-state index is 15.8. The van der Waals surface area contributed by atoms with Gasteiger partial charge in [0.05, 0.1) is 41.9 Å². The zero-order valence-corrected chi connectivity index (χ0v) is 42.1. The number of fused-ring (bicyclic) bond motifs is 5. The number of pyridine rings is 2. The largest absolute Gasteiger partial charge is 0.486 e. The SMILES string of the molecule is [2H]C([2H])([2H])c1cc(-c2[c-]cc(F)c(-c3ccccc3)c2)ncc1[Si](C)(C)C.[2H]C([2H])([2H])c1ccc(-c2ccc3c(n2)oc2c(-c4nc5ccccc5n4-c4c(-c5ccccc5)cc(F)c5ccccc45)[c-]ccc23)cc1.[Ir]. The van der Waals surface area contributed by atoms with E-state index in [-0.39, 0.29) is 37.3 Å². The number of imidazole rings is 1. The molecule has 0 unspecified atom stereocenters. The predicted molar refractivity (Wildman–Crippen MR) is 285 cm³/mol. The predicted octanol–water partition coefficient (Wildman–Crippen LogP) is 15.9. The summed E-state index contributed by atoms with van der Waals surface area (Å²) in [6, 6.07) is 61.3. The fraction of sp³-hybridized carbons (Fsp3) is 0.0806. The Bertz CT molecular complexity index is 4160. The second kappa shape index (κ2) is 19.3. The van der Waals surface area contributed by atoms with Gasteiger partial charge in [-0.15, -0.1) is 42.0 Å². The summed E-state index contributed by atoms with van der Waals surface area (Å²) in [5.74, 6) is -0.0787. The third-order valence-corrected chi connectivity index (χ3v) is 14.5. The molecular formula is C62H46F2IrN4OSi-2. The average molecular weight is 1130 g/mol. The smallest absolute Gasteiger partial charge is 0.216 e. The fourth-order valence-corrected chi connectivity index (χ4v) is 10.4. The van der Waals surface area contributed by atoms with Crippen LogP contribution in [0.25, 0.3) is 106 Å². The summed E-state index contributed by atoms with van der Waals surface area (Å²) in [5, 5.41) is 3.75. The molecule has 8 aromatic carbocycles. The summed E-state index contributed by atoms with van der Waals surface area (Å²) < 4.78 is 85.6. The molecule has 5 nitrogen and oxygen atoms in total. The van der Waals surface area contributed by atoms with Crippen LogP contribution in [0.1, 0.15) is 19.4 Å². The van der Waals surface area contributed by atoms with Crippen LogP contribution in [0.5, 0.6) is 0 Å². The Labute approximate surface area is 434 Å². The first kappa shape index (κ1) is 40.1. The van der Waals surface area contributed by atoms with E-state index in [0.29, 0.717) is 56.1 Å². The van der Waals surface area contributed by atoms with Gasteiger partial charge in [-0.25, -0.2) is 9.37 Å². The van der Waals surface area contributed by atoms with Crippen LogP contribution in [0, 0.1) is 37.5 Å². The summed E-state index contributed by atoms with van der Waals surface area (Å²) in [6.45, 7) is 1.87. The summed E-state index contributed by atoms with van der Waals surface area (Å²) >= 11 is 0. The quantitative estimate of drug-likeness (QED) is 0.118. The third kappa shape index (κ3) is 8.93. The van der Waals surface area contributed by atoms with E-state index in [4.69, 9.17) is 22.6 Å². The van der Waals surface area contributed by atoms with Gasteiger partial charge in [-0.2, -0.15) is 0 Å². The average Bonchev–Trinajstić information content (AvgIpc) is 4.07. The van der Waals surface area contributed by atoms with E-state index in [9.17, 15) is 4.39 Å². The van der Waals surface area contributed by atoms with Gasteiger partial charge in [0.15, 0.2) is 0 Å². The number of hydrogen-bond acceptors (Lipinski definition) is 4. The number of para-hydroxylation sites is 2. The van der Waals surface area contributed by atoms with Crippen LogP contribution in [0.4, 0.5) is 8.78 Å². The second-order valence-electron chi connectivity index (χ2n) is 18.1. The number of benzene rings is 8. The summed E-state index contributed by atoms with van der Waals surface area (Å²) in [6.07, 6.45) is 1.67. The number of halogens is 2. The van der Waals surface area contributed by atoms with E-state index in [1.807, 2.05) is 127 Å². The number of aryl methyl sites for hydroxylation is 2. The molecule has 0 aliphatic heterocycles. The molecule has 4 heterocycles. The van der Waals surface area contributed by atoms with E-state index in [2.05, 4.69) is 41.3 Å². The number of rotatable bonds is 7. The molecule has 349 valence electrons. The molecule has 9 heteroatoms. The number of aromatic nitrogens is 4. The Morgan fingerprint density at radius 3 is 2.04 bits per heavy atom. The van der Waals surface area contributed by atoms with Crippen molar-refractivity contribution in [2.75, 3.05) is 0 Å². The number of nitrogens with zero attached hydrogens (tertiary/aromatic N) is 4. The Balaban J connectivity index is 0.000000205. The Morgan fingerprint density at radius 2 is 1.31 bits per heavy atom. The maximum Gasteiger partial charge on any atom is 0.216 e. The van der Waals surface area contributed by atoms with Gasteiger partial charge in [0, 0.05) is 67.6 Å². The monoisotopic (exact) mass is 1130 g/mol. The molecule has 12 rings (SSSR count). The summed E-state index contributed by atoms with van der Waals surface area (Å²) in [4.78, 5) is 14.5. The Kier molecular flexibility index (Phi) is 10.9. The zero-order valence-electron chi connectivity index (χ0n) is 44.7. The van der Waals surface area contributed by atoms with Gasteiger partial charge in [0.25, 0.3) is 0 Å². The third-order valence-electron chi connectivity index (χ3n) is 12.5. The van der Waals surface area contributed by atoms with Gasteiger partial charge in [0.1, 0.15) is 5.82 Å². The van der Waals surface area contributed by atoms with Gasteiger partial charge in [-0.05, 0) is 66.0 Å². The van der Waals surface area contributed by atoms with Crippen LogP contribution < -0.4 is 5.19 Å². The first-order chi connectivity index (χ1) is 36.4. The van der Waals surface area contributed by atoms with Crippen LogP contribution in [0.3, 0.4) is 0 Å². The van der Waals surface area contributed by atoms with Gasteiger partial charge in [0.2, 0.25) is 5.71 Å². The molecule has 4 aromatic heterocycles. The van der Waals surface area contributed by atoms with Gasteiger partial charge < -0.3 is 14.0 Å². The molecule has 0 aliphatic carbocycles. The molecule has 0 aliphatic rings. The minimum absolute atomic E-state index is 0. The fourth-order valence-electron chi connectivity index (χ4n) is 9.07. The molecule has 0 amide bonds. The van der Waals surface area contributed by atoms with Crippen molar-refractivity contribution in [3.8, 4) is 61.8 Å². The van der Waals surface area contributed by atoms with Crippen molar-refractivity contribution in [2.45, 2.75) is 33.3 Å². The van der Waals surface area contributed by atoms with Crippen molar-refractivity contribution in [3.63, 3.8) is 0 Å². The Hall–Kier alpha value is -7.68. The molecule has 0 atom stereocenters. The number of hydrogen-bond donors (Lipinski definition) is 0. The van der Waals surface area contributed by atoms with Crippen molar-refractivity contribution >= 4 is 57.1 Å². The standard InChI is InChI=1S/C41H25FN3O.C21H21FNSi.Ir/c1-25-18-20-27(21-19-25)35-23-22-31-30-14-9-15-32(39(30)46-41(31)44-35)40-43-36-16-7-8-17-37(36)45(40)38-29-13-6-5-12-28(29)34(42)24-33(38)26-10-3-2-4-11-26;1-15-12-20(23-14-21(15)24(2,3)4)17-10-11-19(22)18(13-17)16-8-6-5-7-9-16;/h2-14,16-24H,1H3;5-9,11-14H,1-4H3;/q2*-1;/i2*1D3;. The molecule has 0 spiro atoms. The van der Waals surface area contributed by atoms with Crippen molar-refractivity contribution in [2.24, 2.45) is 0 Å². The minimum Gasteiger partial charge on any atom is -0.486 e. The van der Waals surface area contributed by atoms with Gasteiger partial charge in [-0.3, -0.25) is 9.37 Å². The van der Waals surface area contributed by atoms with Gasteiger partial charge >= 0.3 is 0 Å². The molecule has 1 radical (unpaired) electrons. The van der Waals surface area contributed by atoms with E-state index >= 15 is 4.39 Å². The molecule has 0 saturated carbocycles. The van der Waals surface area contributed by atoms with Crippen molar-refractivity contribution in [1.29, 1.82) is 0 Å². The first-order valence-corrected chi connectivity index (χ1v) is 26.3. The van der Waals surface area contributed by atoms with Crippen molar-refractivity contribution in [1.82, 2.24) is 19.5 Å². The van der Waals surface area contributed by atoms with Crippen LogP contribution in [0.2, 0.25) is 19.6 Å². The number of furan rings is 1. The van der Waals surface area contributed by atoms with Crippen LogP contribution in [-0.4, -0.2) is 27.6 Å².